The molecule has 3 aromatic rings. The number of rotatable bonds is 9. The summed E-state index contributed by atoms with van der Waals surface area (Å²) in [6, 6.07) is 13.1. The van der Waals surface area contributed by atoms with Crippen molar-refractivity contribution in [2.24, 2.45) is 0 Å². The molecular weight excluding hydrogens is 436 g/mol. The fourth-order valence-electron chi connectivity index (χ4n) is 4.52. The maximum absolute atomic E-state index is 13.1. The van der Waals surface area contributed by atoms with Crippen molar-refractivity contribution in [1.29, 1.82) is 0 Å². The maximum Gasteiger partial charge on any atom is 0.243 e. The molecule has 0 atom stereocenters. The van der Waals surface area contributed by atoms with E-state index in [4.69, 9.17) is 0 Å². The number of hydrogen-bond donors (Lipinski definition) is 2. The number of anilines is 2. The normalized spacial score (nSPS) is 14.3. The Bertz CT molecular complexity index is 1230. The quantitative estimate of drug-likeness (QED) is 0.488. The second-order valence-electron chi connectivity index (χ2n) is 8.37. The molecule has 1 aliphatic rings. The minimum absolute atomic E-state index is 0.127. The van der Waals surface area contributed by atoms with E-state index in [2.05, 4.69) is 15.2 Å². The molecule has 1 amide bonds. The smallest absolute Gasteiger partial charge is 0.243 e. The number of benzene rings is 2. The number of sulfonamides is 1. The van der Waals surface area contributed by atoms with Gasteiger partial charge in [-0.3, -0.25) is 4.79 Å². The molecule has 1 aromatic heterocycles. The molecule has 2 heterocycles. The Kier molecular flexibility index (Phi) is 7.05. The molecular formula is C25H32N4O3S. The minimum Gasteiger partial charge on any atom is -0.370 e. The summed E-state index contributed by atoms with van der Waals surface area (Å²) in [5.41, 5.74) is 3.59. The number of fused-ring (bicyclic) bond motifs is 1. The van der Waals surface area contributed by atoms with Crippen LogP contribution in [0.4, 0.5) is 11.4 Å². The zero-order valence-corrected chi connectivity index (χ0v) is 20.1. The lowest BCUT2D eigenvalue weighted by Crippen LogP contribution is -2.31. The fourth-order valence-corrected chi connectivity index (χ4v) is 6.01. The average molecular weight is 469 g/mol. The van der Waals surface area contributed by atoms with E-state index in [1.165, 1.54) is 4.31 Å². The summed E-state index contributed by atoms with van der Waals surface area (Å²) >= 11 is 0. The van der Waals surface area contributed by atoms with Gasteiger partial charge in [-0.2, -0.15) is 4.31 Å². The Labute approximate surface area is 195 Å². The minimum atomic E-state index is -3.61. The maximum atomic E-state index is 13.1. The van der Waals surface area contributed by atoms with Gasteiger partial charge in [0.25, 0.3) is 0 Å². The van der Waals surface area contributed by atoms with Crippen molar-refractivity contribution in [3.63, 3.8) is 0 Å². The highest BCUT2D eigenvalue weighted by Gasteiger charge is 2.25. The van der Waals surface area contributed by atoms with Crippen molar-refractivity contribution in [2.75, 3.05) is 36.4 Å². The number of H-pyrrole nitrogens is 1. The standard InChI is InChI=1S/C25H32N4O3S/c1-3-29(4-2)33(31,32)20-12-13-24(28-15-7-8-16-28)23(17-20)27-25(30)14-11-19-18-26-22-10-6-5-9-21(19)22/h5-6,9-10,12-13,17-18,26H,3-4,7-8,11,14-16H2,1-2H3,(H,27,30). The third-order valence-corrected chi connectivity index (χ3v) is 8.37. The molecule has 8 heteroatoms. The highest BCUT2D eigenvalue weighted by molar-refractivity contribution is 7.89. The van der Waals surface area contributed by atoms with Gasteiger partial charge in [0.05, 0.1) is 16.3 Å². The largest absolute Gasteiger partial charge is 0.370 e. The number of para-hydroxylation sites is 1. The van der Waals surface area contributed by atoms with Crippen LogP contribution in [0, 0.1) is 0 Å². The summed E-state index contributed by atoms with van der Waals surface area (Å²) in [4.78, 5) is 18.6. The van der Waals surface area contributed by atoms with Crippen LogP contribution in [0.15, 0.2) is 53.6 Å². The van der Waals surface area contributed by atoms with Crippen LogP contribution in [0.2, 0.25) is 0 Å². The number of carbonyl (C=O) groups excluding carboxylic acids is 1. The van der Waals surface area contributed by atoms with Gasteiger partial charge in [-0.25, -0.2) is 8.42 Å². The molecule has 1 aliphatic heterocycles. The van der Waals surface area contributed by atoms with E-state index in [1.54, 1.807) is 12.1 Å². The molecule has 0 radical (unpaired) electrons. The van der Waals surface area contributed by atoms with Crippen molar-refractivity contribution in [3.8, 4) is 0 Å². The first kappa shape index (κ1) is 23.3. The van der Waals surface area contributed by atoms with Crippen LogP contribution in [0.1, 0.15) is 38.7 Å². The lowest BCUT2D eigenvalue weighted by molar-refractivity contribution is -0.116. The van der Waals surface area contributed by atoms with E-state index in [9.17, 15) is 13.2 Å². The molecule has 0 aliphatic carbocycles. The first-order valence-corrected chi connectivity index (χ1v) is 13.1. The second kappa shape index (κ2) is 9.97. The van der Waals surface area contributed by atoms with Crippen LogP contribution < -0.4 is 10.2 Å². The van der Waals surface area contributed by atoms with Crippen LogP contribution in [-0.4, -0.2) is 49.8 Å². The Morgan fingerprint density at radius 1 is 1.09 bits per heavy atom. The zero-order valence-electron chi connectivity index (χ0n) is 19.3. The lowest BCUT2D eigenvalue weighted by atomic mass is 10.1. The van der Waals surface area contributed by atoms with E-state index in [0.717, 1.165) is 48.1 Å². The summed E-state index contributed by atoms with van der Waals surface area (Å²) < 4.78 is 27.6. The number of carbonyl (C=O) groups is 1. The summed E-state index contributed by atoms with van der Waals surface area (Å²) in [5, 5.41) is 4.13. The molecule has 4 rings (SSSR count). The average Bonchev–Trinajstić information content (AvgIpc) is 3.49. The van der Waals surface area contributed by atoms with Crippen LogP contribution >= 0.6 is 0 Å². The molecule has 0 saturated carbocycles. The summed E-state index contributed by atoms with van der Waals surface area (Å²) in [7, 11) is -3.61. The highest BCUT2D eigenvalue weighted by Crippen LogP contribution is 2.32. The zero-order chi connectivity index (χ0) is 23.4. The Morgan fingerprint density at radius 2 is 1.82 bits per heavy atom. The van der Waals surface area contributed by atoms with E-state index < -0.39 is 10.0 Å². The van der Waals surface area contributed by atoms with Crippen LogP contribution in [0.5, 0.6) is 0 Å². The summed E-state index contributed by atoms with van der Waals surface area (Å²) in [6.45, 7) is 6.26. The van der Waals surface area contributed by atoms with Crippen LogP contribution in [0.3, 0.4) is 0 Å². The van der Waals surface area contributed by atoms with Crippen molar-refractivity contribution in [1.82, 2.24) is 9.29 Å². The van der Waals surface area contributed by atoms with Gasteiger partial charge < -0.3 is 15.2 Å². The lowest BCUT2D eigenvalue weighted by Gasteiger charge is -2.24. The topological polar surface area (TPSA) is 85.5 Å². The first-order chi connectivity index (χ1) is 15.9. The predicted molar refractivity (Wildman–Crippen MR) is 133 cm³/mol. The van der Waals surface area contributed by atoms with Crippen molar-refractivity contribution in [2.45, 2.75) is 44.4 Å². The van der Waals surface area contributed by atoms with Gasteiger partial charge in [-0.15, -0.1) is 0 Å². The van der Waals surface area contributed by atoms with Gasteiger partial charge in [-0.1, -0.05) is 32.0 Å². The summed E-state index contributed by atoms with van der Waals surface area (Å²) in [5.74, 6) is -0.127. The number of nitrogens with zero attached hydrogens (tertiary/aromatic N) is 2. The van der Waals surface area contributed by atoms with E-state index in [1.807, 2.05) is 50.4 Å². The molecule has 2 N–H and O–H groups in total. The van der Waals surface area contributed by atoms with E-state index >= 15 is 0 Å². The van der Waals surface area contributed by atoms with Crippen LogP contribution in [-0.2, 0) is 21.2 Å². The number of aromatic amines is 1. The van der Waals surface area contributed by atoms with Crippen molar-refractivity contribution < 1.29 is 13.2 Å². The molecule has 0 unspecified atom stereocenters. The van der Waals surface area contributed by atoms with Gasteiger partial charge in [0, 0.05) is 49.7 Å². The number of amides is 1. The molecule has 7 nitrogen and oxygen atoms in total. The van der Waals surface area contributed by atoms with Gasteiger partial charge in [0.15, 0.2) is 0 Å². The molecule has 33 heavy (non-hydrogen) atoms. The molecule has 0 spiro atoms. The molecule has 176 valence electrons. The van der Waals surface area contributed by atoms with Crippen molar-refractivity contribution in [3.05, 3.63) is 54.2 Å². The fraction of sp³-hybridized carbons (Fsp3) is 0.400. The monoisotopic (exact) mass is 468 g/mol. The highest BCUT2D eigenvalue weighted by atomic mass is 32.2. The number of nitrogens with one attached hydrogen (secondary N) is 2. The van der Waals surface area contributed by atoms with Gasteiger partial charge in [-0.05, 0) is 49.1 Å². The molecule has 0 bridgehead atoms. The summed E-state index contributed by atoms with van der Waals surface area (Å²) in [6.07, 6.45) is 5.05. The Morgan fingerprint density at radius 3 is 2.55 bits per heavy atom. The van der Waals surface area contributed by atoms with Gasteiger partial charge >= 0.3 is 0 Å². The molecule has 1 fully saturated rings. The van der Waals surface area contributed by atoms with Crippen LogP contribution in [0.25, 0.3) is 10.9 Å². The predicted octanol–water partition coefficient (Wildman–Crippen LogP) is 4.37. The number of hydrogen-bond acceptors (Lipinski definition) is 4. The van der Waals surface area contributed by atoms with Crippen molar-refractivity contribution >= 4 is 38.2 Å². The van der Waals surface area contributed by atoms with E-state index in [-0.39, 0.29) is 10.8 Å². The second-order valence-corrected chi connectivity index (χ2v) is 10.3. The van der Waals surface area contributed by atoms with Gasteiger partial charge in [0.1, 0.15) is 0 Å². The van der Waals surface area contributed by atoms with E-state index in [0.29, 0.717) is 31.6 Å². The third-order valence-electron chi connectivity index (χ3n) is 6.33. The first-order valence-electron chi connectivity index (χ1n) is 11.7. The number of aryl methyl sites for hydroxylation is 1. The van der Waals surface area contributed by atoms with Gasteiger partial charge in [0.2, 0.25) is 15.9 Å². The Hall–Kier alpha value is -2.84. The SMILES string of the molecule is CCN(CC)S(=O)(=O)c1ccc(N2CCCC2)c(NC(=O)CCc2c[nH]c3ccccc23)c1. The Balaban J connectivity index is 1.56. The third kappa shape index (κ3) is 4.91. The number of aromatic nitrogens is 1. The molecule has 2 aromatic carbocycles. The molecule has 1 saturated heterocycles.